The van der Waals surface area contributed by atoms with Gasteiger partial charge >= 0.3 is 0 Å². The summed E-state index contributed by atoms with van der Waals surface area (Å²) in [4.78, 5) is 17.5. The first kappa shape index (κ1) is 19.9. The van der Waals surface area contributed by atoms with E-state index in [0.717, 1.165) is 43.6 Å². The fraction of sp³-hybridized carbons (Fsp3) is 0.409. The van der Waals surface area contributed by atoms with Crippen LogP contribution in [0.25, 0.3) is 0 Å². The molecule has 0 spiro atoms. The maximum Gasteiger partial charge on any atom is 0.257 e. The standard InChI is InChI=1S/C22H27BrN2O2/c1-17(2)27-21-15-19(23)9-10-20(21)22(26)25-12-6-11-24(13-14-25)16-18-7-4-3-5-8-18/h3-5,7-10,15,17H,6,11-14,16H2,1-2H3. The predicted molar refractivity (Wildman–Crippen MR) is 112 cm³/mol. The van der Waals surface area contributed by atoms with E-state index in [-0.39, 0.29) is 12.0 Å². The van der Waals surface area contributed by atoms with Gasteiger partial charge in [0.05, 0.1) is 11.7 Å². The third-order valence-electron chi connectivity index (χ3n) is 4.66. The molecule has 0 radical (unpaired) electrons. The number of ether oxygens (including phenoxy) is 1. The molecule has 2 aromatic carbocycles. The van der Waals surface area contributed by atoms with Gasteiger partial charge in [-0.05, 0) is 44.0 Å². The highest BCUT2D eigenvalue weighted by molar-refractivity contribution is 9.10. The van der Waals surface area contributed by atoms with Crippen molar-refractivity contribution in [1.82, 2.24) is 9.80 Å². The molecular formula is C22H27BrN2O2. The fourth-order valence-electron chi connectivity index (χ4n) is 3.37. The molecule has 5 heteroatoms. The van der Waals surface area contributed by atoms with E-state index in [4.69, 9.17) is 4.74 Å². The van der Waals surface area contributed by atoms with Gasteiger partial charge in [-0.25, -0.2) is 0 Å². The first-order valence-electron chi connectivity index (χ1n) is 9.54. The molecule has 144 valence electrons. The lowest BCUT2D eigenvalue weighted by Gasteiger charge is -2.23. The summed E-state index contributed by atoms with van der Waals surface area (Å²) in [7, 11) is 0. The smallest absolute Gasteiger partial charge is 0.257 e. The third-order valence-corrected chi connectivity index (χ3v) is 5.15. The molecule has 1 aliphatic heterocycles. The summed E-state index contributed by atoms with van der Waals surface area (Å²) in [5.41, 5.74) is 1.96. The monoisotopic (exact) mass is 430 g/mol. The van der Waals surface area contributed by atoms with E-state index in [1.165, 1.54) is 5.56 Å². The number of hydrogen-bond acceptors (Lipinski definition) is 3. The summed E-state index contributed by atoms with van der Waals surface area (Å²) in [6, 6.07) is 16.2. The number of carbonyl (C=O) groups is 1. The first-order chi connectivity index (χ1) is 13.0. The van der Waals surface area contributed by atoms with Gasteiger partial charge in [-0.1, -0.05) is 46.3 Å². The number of halogens is 1. The van der Waals surface area contributed by atoms with Gasteiger partial charge in [-0.3, -0.25) is 9.69 Å². The van der Waals surface area contributed by atoms with Crippen LogP contribution in [-0.2, 0) is 6.54 Å². The molecule has 0 unspecified atom stereocenters. The molecule has 0 aromatic heterocycles. The van der Waals surface area contributed by atoms with Gasteiger partial charge in [0.15, 0.2) is 0 Å². The predicted octanol–water partition coefficient (Wildman–Crippen LogP) is 4.58. The lowest BCUT2D eigenvalue weighted by Crippen LogP contribution is -2.35. The summed E-state index contributed by atoms with van der Waals surface area (Å²) in [5.74, 6) is 0.703. The number of amides is 1. The van der Waals surface area contributed by atoms with Gasteiger partial charge in [0, 0.05) is 37.2 Å². The van der Waals surface area contributed by atoms with Gasteiger partial charge in [0.25, 0.3) is 5.91 Å². The van der Waals surface area contributed by atoms with Crippen molar-refractivity contribution in [2.75, 3.05) is 26.2 Å². The third kappa shape index (κ3) is 5.56. The molecule has 27 heavy (non-hydrogen) atoms. The molecule has 2 aromatic rings. The van der Waals surface area contributed by atoms with Crippen molar-refractivity contribution in [1.29, 1.82) is 0 Å². The van der Waals surface area contributed by atoms with Gasteiger partial charge in [0.1, 0.15) is 5.75 Å². The van der Waals surface area contributed by atoms with Crippen molar-refractivity contribution >= 4 is 21.8 Å². The van der Waals surface area contributed by atoms with Crippen LogP contribution >= 0.6 is 15.9 Å². The lowest BCUT2D eigenvalue weighted by molar-refractivity contribution is 0.0755. The van der Waals surface area contributed by atoms with Crippen LogP contribution in [0.15, 0.2) is 53.0 Å². The topological polar surface area (TPSA) is 32.8 Å². The average molecular weight is 431 g/mol. The maximum atomic E-state index is 13.1. The summed E-state index contributed by atoms with van der Waals surface area (Å²) in [6.07, 6.45) is 1.01. The van der Waals surface area contributed by atoms with Gasteiger partial charge in [-0.15, -0.1) is 0 Å². The van der Waals surface area contributed by atoms with Crippen LogP contribution in [0.2, 0.25) is 0 Å². The molecule has 0 bridgehead atoms. The van der Waals surface area contributed by atoms with E-state index in [1.807, 2.05) is 43.0 Å². The molecule has 1 heterocycles. The van der Waals surface area contributed by atoms with Crippen molar-refractivity contribution in [3.8, 4) is 5.75 Å². The zero-order valence-electron chi connectivity index (χ0n) is 16.0. The maximum absolute atomic E-state index is 13.1. The molecular weight excluding hydrogens is 404 g/mol. The molecule has 3 rings (SSSR count). The number of benzene rings is 2. The summed E-state index contributed by atoms with van der Waals surface area (Å²) in [6.45, 7) is 8.30. The Morgan fingerprint density at radius 1 is 1.07 bits per heavy atom. The second kappa shape index (κ2) is 9.38. The highest BCUT2D eigenvalue weighted by Crippen LogP contribution is 2.26. The van der Waals surface area contributed by atoms with Crippen molar-refractivity contribution in [3.05, 3.63) is 64.1 Å². The molecule has 1 amide bonds. The molecule has 0 aliphatic carbocycles. The number of nitrogens with zero attached hydrogens (tertiary/aromatic N) is 2. The summed E-state index contributed by atoms with van der Waals surface area (Å²) in [5, 5.41) is 0. The van der Waals surface area contributed by atoms with Crippen LogP contribution in [0.1, 0.15) is 36.2 Å². The van der Waals surface area contributed by atoms with E-state index >= 15 is 0 Å². The second-order valence-electron chi connectivity index (χ2n) is 7.21. The number of rotatable bonds is 5. The molecule has 0 saturated carbocycles. The van der Waals surface area contributed by atoms with Gasteiger partial charge in [-0.2, -0.15) is 0 Å². The lowest BCUT2D eigenvalue weighted by atomic mass is 10.1. The SMILES string of the molecule is CC(C)Oc1cc(Br)ccc1C(=O)N1CCCN(Cc2ccccc2)CC1. The fourth-order valence-corrected chi connectivity index (χ4v) is 3.71. The van der Waals surface area contributed by atoms with Crippen molar-refractivity contribution in [3.63, 3.8) is 0 Å². The Kier molecular flexibility index (Phi) is 6.91. The quantitative estimate of drug-likeness (QED) is 0.695. The Morgan fingerprint density at radius 3 is 2.59 bits per heavy atom. The van der Waals surface area contributed by atoms with Gasteiger partial charge in [0.2, 0.25) is 0 Å². The summed E-state index contributed by atoms with van der Waals surface area (Å²) < 4.78 is 6.80. The molecule has 0 atom stereocenters. The van der Waals surface area contributed by atoms with E-state index in [2.05, 4.69) is 45.1 Å². The Balaban J connectivity index is 1.67. The van der Waals surface area contributed by atoms with E-state index < -0.39 is 0 Å². The second-order valence-corrected chi connectivity index (χ2v) is 8.13. The minimum atomic E-state index is 0.0244. The Morgan fingerprint density at radius 2 is 1.85 bits per heavy atom. The van der Waals surface area contributed by atoms with Crippen molar-refractivity contribution in [2.45, 2.75) is 32.9 Å². The van der Waals surface area contributed by atoms with E-state index in [9.17, 15) is 4.79 Å². The zero-order chi connectivity index (χ0) is 19.2. The summed E-state index contributed by atoms with van der Waals surface area (Å²) >= 11 is 3.47. The van der Waals surface area contributed by atoms with E-state index in [1.54, 1.807) is 0 Å². The Labute approximate surface area is 170 Å². The van der Waals surface area contributed by atoms with E-state index in [0.29, 0.717) is 11.3 Å². The molecule has 1 aliphatic rings. The molecule has 4 nitrogen and oxygen atoms in total. The Hall–Kier alpha value is -1.85. The highest BCUT2D eigenvalue weighted by atomic mass is 79.9. The largest absolute Gasteiger partial charge is 0.490 e. The minimum Gasteiger partial charge on any atom is -0.490 e. The zero-order valence-corrected chi connectivity index (χ0v) is 17.6. The normalized spacial score (nSPS) is 15.6. The minimum absolute atomic E-state index is 0.0244. The Bertz CT molecular complexity index is 764. The van der Waals surface area contributed by atoms with Crippen LogP contribution in [0.3, 0.4) is 0 Å². The molecule has 1 fully saturated rings. The first-order valence-corrected chi connectivity index (χ1v) is 10.3. The number of carbonyl (C=O) groups excluding carboxylic acids is 1. The average Bonchev–Trinajstić information content (AvgIpc) is 2.87. The van der Waals surface area contributed by atoms with Crippen molar-refractivity contribution in [2.24, 2.45) is 0 Å². The van der Waals surface area contributed by atoms with Crippen LogP contribution < -0.4 is 4.74 Å². The number of hydrogen-bond donors (Lipinski definition) is 0. The van der Waals surface area contributed by atoms with Crippen LogP contribution in [0.4, 0.5) is 0 Å². The molecule has 1 saturated heterocycles. The van der Waals surface area contributed by atoms with Crippen LogP contribution in [0.5, 0.6) is 5.75 Å². The molecule has 0 N–H and O–H groups in total. The highest BCUT2D eigenvalue weighted by Gasteiger charge is 2.23. The van der Waals surface area contributed by atoms with Gasteiger partial charge < -0.3 is 9.64 Å². The van der Waals surface area contributed by atoms with Crippen LogP contribution in [-0.4, -0.2) is 48.0 Å². The van der Waals surface area contributed by atoms with Crippen molar-refractivity contribution < 1.29 is 9.53 Å². The van der Waals surface area contributed by atoms with Crippen LogP contribution in [0, 0.1) is 0 Å².